The van der Waals surface area contributed by atoms with Crippen LogP contribution >= 0.6 is 11.8 Å². The fourth-order valence-electron chi connectivity index (χ4n) is 2.10. The Hall–Kier alpha value is -1.86. The first-order valence-corrected chi connectivity index (χ1v) is 8.69. The van der Waals surface area contributed by atoms with Crippen LogP contribution in [0.4, 0.5) is 0 Å². The van der Waals surface area contributed by atoms with Crippen LogP contribution in [0, 0.1) is 5.92 Å². The second-order valence-electron chi connectivity index (χ2n) is 5.79. The van der Waals surface area contributed by atoms with Crippen LogP contribution in [0.15, 0.2) is 41.1 Å². The molecular formula is C17H27N3O3S. The van der Waals surface area contributed by atoms with Gasteiger partial charge in [0.15, 0.2) is 0 Å². The van der Waals surface area contributed by atoms with E-state index >= 15 is 0 Å². The highest BCUT2D eigenvalue weighted by atomic mass is 32.2. The Labute approximate surface area is 148 Å². The van der Waals surface area contributed by atoms with Gasteiger partial charge in [-0.05, 0) is 30.5 Å². The van der Waals surface area contributed by atoms with Gasteiger partial charge in [0.25, 0.3) is 0 Å². The number of hydrogen-bond donors (Lipinski definition) is 2. The van der Waals surface area contributed by atoms with Gasteiger partial charge in [0.1, 0.15) is 11.8 Å². The number of carbonyl (C=O) groups is 1. The van der Waals surface area contributed by atoms with Gasteiger partial charge >= 0.3 is 5.97 Å². The number of methoxy groups -OCH3 is 2. The first-order valence-electron chi connectivity index (χ1n) is 7.71. The molecule has 0 amide bonds. The molecule has 6 nitrogen and oxygen atoms in total. The third kappa shape index (κ3) is 6.72. The zero-order chi connectivity index (χ0) is 18.1. The molecular weight excluding hydrogens is 326 g/mol. The highest BCUT2D eigenvalue weighted by molar-refractivity contribution is 7.99. The molecule has 0 saturated heterocycles. The second-order valence-corrected chi connectivity index (χ2v) is 6.84. The number of nitrogens with zero attached hydrogens (tertiary/aromatic N) is 1. The SMILES string of the molecule is COC(=O)C(CC(C)C)N(N)/C=C(\N)CSc1cccc(OC)c1. The van der Waals surface area contributed by atoms with E-state index in [1.807, 2.05) is 38.1 Å². The molecule has 0 aliphatic carbocycles. The maximum absolute atomic E-state index is 11.9. The van der Waals surface area contributed by atoms with Gasteiger partial charge in [-0.15, -0.1) is 11.8 Å². The van der Waals surface area contributed by atoms with E-state index in [2.05, 4.69) is 0 Å². The van der Waals surface area contributed by atoms with Crippen LogP contribution in [0.2, 0.25) is 0 Å². The molecule has 0 aliphatic heterocycles. The fraction of sp³-hybridized carbons (Fsp3) is 0.471. The summed E-state index contributed by atoms with van der Waals surface area (Å²) in [7, 11) is 2.99. The van der Waals surface area contributed by atoms with Crippen LogP contribution in [0.3, 0.4) is 0 Å². The van der Waals surface area contributed by atoms with Crippen molar-refractivity contribution in [1.29, 1.82) is 0 Å². The molecule has 0 saturated carbocycles. The van der Waals surface area contributed by atoms with Gasteiger partial charge in [-0.1, -0.05) is 19.9 Å². The Morgan fingerprint density at radius 3 is 2.67 bits per heavy atom. The summed E-state index contributed by atoms with van der Waals surface area (Å²) in [6, 6.07) is 7.19. The summed E-state index contributed by atoms with van der Waals surface area (Å²) >= 11 is 1.57. The van der Waals surface area contributed by atoms with Crippen LogP contribution in [-0.4, -0.2) is 37.0 Å². The number of benzene rings is 1. The molecule has 4 N–H and O–H groups in total. The lowest BCUT2D eigenvalue weighted by Crippen LogP contribution is -2.44. The summed E-state index contributed by atoms with van der Waals surface area (Å²) in [4.78, 5) is 12.9. The summed E-state index contributed by atoms with van der Waals surface area (Å²) in [5, 5.41) is 1.34. The molecule has 7 heteroatoms. The van der Waals surface area contributed by atoms with Gasteiger partial charge in [0.05, 0.1) is 14.2 Å². The Morgan fingerprint density at radius 1 is 1.38 bits per heavy atom. The van der Waals surface area contributed by atoms with E-state index in [9.17, 15) is 4.79 Å². The molecule has 0 fully saturated rings. The largest absolute Gasteiger partial charge is 0.497 e. The van der Waals surface area contributed by atoms with Gasteiger partial charge in [-0.2, -0.15) is 0 Å². The summed E-state index contributed by atoms with van der Waals surface area (Å²) in [5.41, 5.74) is 6.61. The van der Waals surface area contributed by atoms with Crippen molar-refractivity contribution in [2.45, 2.75) is 31.2 Å². The minimum absolute atomic E-state index is 0.306. The number of ether oxygens (including phenoxy) is 2. The maximum Gasteiger partial charge on any atom is 0.330 e. The lowest BCUT2D eigenvalue weighted by Gasteiger charge is -2.25. The maximum atomic E-state index is 11.9. The predicted octanol–water partition coefficient (Wildman–Crippen LogP) is 2.35. The molecule has 0 aliphatic rings. The fourth-order valence-corrected chi connectivity index (χ4v) is 2.88. The van der Waals surface area contributed by atoms with Crippen molar-refractivity contribution in [3.63, 3.8) is 0 Å². The topological polar surface area (TPSA) is 90.8 Å². The molecule has 0 aromatic heterocycles. The number of nitrogens with two attached hydrogens (primary N) is 2. The van der Waals surface area contributed by atoms with Crippen molar-refractivity contribution in [2.24, 2.45) is 17.5 Å². The number of thioether (sulfide) groups is 1. The molecule has 0 heterocycles. The molecule has 0 bridgehead atoms. The Balaban J connectivity index is 2.69. The van der Waals surface area contributed by atoms with Crippen LogP contribution in [0.1, 0.15) is 20.3 Å². The first-order chi connectivity index (χ1) is 11.4. The standard InChI is InChI=1S/C17H27N3O3S/c1-12(2)8-16(17(21)23-4)20(19)10-13(18)11-24-15-7-5-6-14(9-15)22-3/h5-7,9-10,12,16H,8,11,18-19H2,1-4H3/b13-10-. The third-order valence-corrected chi connectivity index (χ3v) is 4.35. The molecule has 1 rings (SSSR count). The Bertz CT molecular complexity index is 564. The third-order valence-electron chi connectivity index (χ3n) is 3.29. The predicted molar refractivity (Wildman–Crippen MR) is 97.3 cm³/mol. The minimum Gasteiger partial charge on any atom is -0.497 e. The van der Waals surface area contributed by atoms with E-state index in [1.165, 1.54) is 12.1 Å². The molecule has 134 valence electrons. The van der Waals surface area contributed by atoms with Crippen LogP contribution in [-0.2, 0) is 9.53 Å². The molecule has 1 atom stereocenters. The number of rotatable bonds is 9. The van der Waals surface area contributed by atoms with Crippen molar-refractivity contribution in [3.8, 4) is 5.75 Å². The van der Waals surface area contributed by atoms with Crippen molar-refractivity contribution in [2.75, 3.05) is 20.0 Å². The molecule has 0 spiro atoms. The monoisotopic (exact) mass is 353 g/mol. The minimum atomic E-state index is -0.546. The molecule has 24 heavy (non-hydrogen) atoms. The lowest BCUT2D eigenvalue weighted by molar-refractivity contribution is -0.146. The van der Waals surface area contributed by atoms with E-state index in [0.717, 1.165) is 10.6 Å². The van der Waals surface area contributed by atoms with Gasteiger partial charge in [-0.25, -0.2) is 10.6 Å². The van der Waals surface area contributed by atoms with Gasteiger partial charge < -0.3 is 20.2 Å². The quantitative estimate of drug-likeness (QED) is 0.305. The highest BCUT2D eigenvalue weighted by Gasteiger charge is 2.24. The van der Waals surface area contributed by atoms with E-state index in [-0.39, 0.29) is 5.97 Å². The average Bonchev–Trinajstić information content (AvgIpc) is 2.57. The number of hydrogen-bond acceptors (Lipinski definition) is 7. The van der Waals surface area contributed by atoms with Gasteiger partial charge in [-0.3, -0.25) is 0 Å². The van der Waals surface area contributed by atoms with Crippen molar-refractivity contribution in [3.05, 3.63) is 36.2 Å². The van der Waals surface area contributed by atoms with Crippen LogP contribution in [0.5, 0.6) is 5.75 Å². The summed E-state index contributed by atoms with van der Waals surface area (Å²) in [6.45, 7) is 4.05. The second kappa shape index (κ2) is 10.1. The molecule has 1 aromatic carbocycles. The van der Waals surface area contributed by atoms with Crippen molar-refractivity contribution >= 4 is 17.7 Å². The number of carbonyl (C=O) groups excluding carboxylic acids is 1. The van der Waals surface area contributed by atoms with E-state index in [4.69, 9.17) is 21.1 Å². The van der Waals surface area contributed by atoms with Crippen LogP contribution in [0.25, 0.3) is 0 Å². The number of hydrazine groups is 1. The van der Waals surface area contributed by atoms with E-state index in [0.29, 0.717) is 23.8 Å². The van der Waals surface area contributed by atoms with Gasteiger partial charge in [0, 0.05) is 22.5 Å². The van der Waals surface area contributed by atoms with E-state index in [1.54, 1.807) is 25.1 Å². The van der Waals surface area contributed by atoms with E-state index < -0.39 is 6.04 Å². The normalized spacial score (nSPS) is 12.8. The number of esters is 1. The summed E-state index contributed by atoms with van der Waals surface area (Å²) < 4.78 is 10.0. The smallest absolute Gasteiger partial charge is 0.330 e. The van der Waals surface area contributed by atoms with Crippen molar-refractivity contribution < 1.29 is 14.3 Å². The molecule has 1 unspecified atom stereocenters. The van der Waals surface area contributed by atoms with Gasteiger partial charge in [0.2, 0.25) is 0 Å². The van der Waals surface area contributed by atoms with Crippen LogP contribution < -0.4 is 16.3 Å². The first kappa shape index (κ1) is 20.2. The zero-order valence-electron chi connectivity index (χ0n) is 14.7. The Kier molecular flexibility index (Phi) is 8.49. The molecule has 0 radical (unpaired) electrons. The summed E-state index contributed by atoms with van der Waals surface area (Å²) in [6.07, 6.45) is 2.19. The molecule has 1 aromatic rings. The average molecular weight is 353 g/mol. The zero-order valence-corrected chi connectivity index (χ0v) is 15.5. The highest BCUT2D eigenvalue weighted by Crippen LogP contribution is 2.23. The Morgan fingerprint density at radius 2 is 2.08 bits per heavy atom. The summed E-state index contributed by atoms with van der Waals surface area (Å²) in [5.74, 6) is 7.30. The lowest BCUT2D eigenvalue weighted by atomic mass is 10.0. The van der Waals surface area contributed by atoms with Crippen molar-refractivity contribution in [1.82, 2.24) is 5.01 Å².